The molecular weight excluding hydrogens is 290 g/mol. The summed E-state index contributed by atoms with van der Waals surface area (Å²) in [4.78, 5) is 2.34. The molecule has 2 N–H and O–H groups in total. The lowest BCUT2D eigenvalue weighted by atomic mass is 10.5. The van der Waals surface area contributed by atoms with Crippen LogP contribution in [0.25, 0.3) is 0 Å². The summed E-state index contributed by atoms with van der Waals surface area (Å²) in [6.45, 7) is 3.58. The van der Waals surface area contributed by atoms with Crippen molar-refractivity contribution in [3.05, 3.63) is 0 Å². The Balaban J connectivity index is 2.37. The number of nitrogens with two attached hydrogens (primary N) is 1. The third-order valence-electron chi connectivity index (χ3n) is 2.74. The summed E-state index contributed by atoms with van der Waals surface area (Å²) in [5.41, 5.74) is 5.75. The maximum Gasteiger partial charge on any atom is 0.185 e. The lowest BCUT2D eigenvalue weighted by Crippen LogP contribution is -2.32. The first-order chi connectivity index (χ1) is 8.56. The van der Waals surface area contributed by atoms with Crippen molar-refractivity contribution in [2.75, 3.05) is 41.0 Å². The average Bonchev–Trinajstić information content (AvgIpc) is 2.73. The van der Waals surface area contributed by atoms with E-state index in [2.05, 4.69) is 9.27 Å². The lowest BCUT2D eigenvalue weighted by Gasteiger charge is -2.27. The van der Waals surface area contributed by atoms with Gasteiger partial charge in [-0.05, 0) is 18.0 Å². The SMILES string of the molecule is CCCS(=O)(=O)c1c(N)nsc1N1CCSCC1. The first kappa shape index (κ1) is 14.0. The molecule has 1 aromatic heterocycles. The summed E-state index contributed by atoms with van der Waals surface area (Å²) in [6, 6.07) is 0. The molecule has 2 heterocycles. The van der Waals surface area contributed by atoms with Crippen molar-refractivity contribution in [1.82, 2.24) is 4.37 Å². The molecule has 8 heteroatoms. The molecule has 0 unspecified atom stereocenters. The van der Waals surface area contributed by atoms with Crippen LogP contribution < -0.4 is 10.6 Å². The van der Waals surface area contributed by atoms with Crippen LogP contribution in [0.4, 0.5) is 10.8 Å². The van der Waals surface area contributed by atoms with Gasteiger partial charge in [0, 0.05) is 24.6 Å². The van der Waals surface area contributed by atoms with Crippen molar-refractivity contribution in [2.24, 2.45) is 0 Å². The molecule has 5 nitrogen and oxygen atoms in total. The fourth-order valence-corrected chi connectivity index (χ4v) is 5.63. The third kappa shape index (κ3) is 2.75. The van der Waals surface area contributed by atoms with Gasteiger partial charge in [-0.25, -0.2) is 8.42 Å². The van der Waals surface area contributed by atoms with Crippen LogP contribution in [0.3, 0.4) is 0 Å². The Kier molecular flexibility index (Phi) is 4.39. The van der Waals surface area contributed by atoms with Crippen LogP contribution in [0.5, 0.6) is 0 Å². The van der Waals surface area contributed by atoms with E-state index in [9.17, 15) is 8.42 Å². The van der Waals surface area contributed by atoms with Crippen molar-refractivity contribution in [2.45, 2.75) is 18.2 Å². The maximum atomic E-state index is 12.2. The van der Waals surface area contributed by atoms with Crippen LogP contribution in [-0.2, 0) is 9.84 Å². The third-order valence-corrected chi connectivity index (χ3v) is 6.70. The highest BCUT2D eigenvalue weighted by Gasteiger charge is 2.28. The van der Waals surface area contributed by atoms with Gasteiger partial charge in [-0.2, -0.15) is 16.1 Å². The number of aromatic nitrogens is 1. The summed E-state index contributed by atoms with van der Waals surface area (Å²) in [5, 5.41) is 0.723. The molecule has 0 saturated carbocycles. The van der Waals surface area contributed by atoms with E-state index in [1.807, 2.05) is 18.7 Å². The zero-order chi connectivity index (χ0) is 13.2. The van der Waals surface area contributed by atoms with Crippen LogP contribution >= 0.6 is 23.3 Å². The Bertz CT molecular complexity index is 506. The molecule has 0 spiro atoms. The first-order valence-electron chi connectivity index (χ1n) is 5.87. The van der Waals surface area contributed by atoms with E-state index in [4.69, 9.17) is 5.73 Å². The van der Waals surface area contributed by atoms with E-state index < -0.39 is 9.84 Å². The second-order valence-electron chi connectivity index (χ2n) is 4.12. The number of rotatable bonds is 4. The van der Waals surface area contributed by atoms with Gasteiger partial charge in [0.25, 0.3) is 0 Å². The molecule has 0 aromatic carbocycles. The van der Waals surface area contributed by atoms with Gasteiger partial charge in [0.05, 0.1) is 5.75 Å². The lowest BCUT2D eigenvalue weighted by molar-refractivity contribution is 0.595. The highest BCUT2D eigenvalue weighted by Crippen LogP contribution is 2.36. The van der Waals surface area contributed by atoms with Gasteiger partial charge in [0.1, 0.15) is 9.90 Å². The predicted molar refractivity (Wildman–Crippen MR) is 78.4 cm³/mol. The molecule has 0 aliphatic carbocycles. The Morgan fingerprint density at radius 2 is 2.06 bits per heavy atom. The minimum absolute atomic E-state index is 0.130. The summed E-state index contributed by atoms with van der Waals surface area (Å²) in [6.07, 6.45) is 0.590. The number of nitrogen functional groups attached to an aromatic ring is 1. The summed E-state index contributed by atoms with van der Waals surface area (Å²) in [7, 11) is -3.30. The molecule has 0 amide bonds. The minimum Gasteiger partial charge on any atom is -0.382 e. The summed E-state index contributed by atoms with van der Waals surface area (Å²) in [5.74, 6) is 2.32. The molecule has 18 heavy (non-hydrogen) atoms. The van der Waals surface area contributed by atoms with E-state index in [-0.39, 0.29) is 16.5 Å². The van der Waals surface area contributed by atoms with Crippen LogP contribution in [0.15, 0.2) is 4.90 Å². The summed E-state index contributed by atoms with van der Waals surface area (Å²) < 4.78 is 28.5. The molecule has 0 atom stereocenters. The quantitative estimate of drug-likeness (QED) is 0.907. The van der Waals surface area contributed by atoms with Crippen LogP contribution in [0.1, 0.15) is 13.3 Å². The molecule has 1 aliphatic heterocycles. The standard InChI is InChI=1S/C10H17N3O2S3/c1-2-7-18(14,15)8-9(11)12-17-10(8)13-3-5-16-6-4-13/h2-7H2,1H3,(H2,11,12). The Labute approximate surface area is 116 Å². The normalized spacial score (nSPS) is 17.1. The Morgan fingerprint density at radius 3 is 2.67 bits per heavy atom. The van der Waals surface area contributed by atoms with E-state index >= 15 is 0 Å². The molecule has 102 valence electrons. The zero-order valence-electron chi connectivity index (χ0n) is 10.3. The van der Waals surface area contributed by atoms with E-state index in [0.29, 0.717) is 6.42 Å². The van der Waals surface area contributed by atoms with Crippen molar-refractivity contribution >= 4 is 44.0 Å². The highest BCUT2D eigenvalue weighted by molar-refractivity contribution is 7.99. The number of anilines is 2. The first-order valence-corrected chi connectivity index (χ1v) is 9.45. The second kappa shape index (κ2) is 5.66. The highest BCUT2D eigenvalue weighted by atomic mass is 32.2. The molecule has 1 aromatic rings. The molecular formula is C10H17N3O2S3. The smallest absolute Gasteiger partial charge is 0.185 e. The summed E-state index contributed by atoms with van der Waals surface area (Å²) >= 11 is 3.08. The van der Waals surface area contributed by atoms with Gasteiger partial charge in [0.15, 0.2) is 15.7 Å². The van der Waals surface area contributed by atoms with Gasteiger partial charge in [-0.3, -0.25) is 0 Å². The second-order valence-corrected chi connectivity index (χ2v) is 8.14. The monoisotopic (exact) mass is 307 g/mol. The van der Waals surface area contributed by atoms with E-state index in [0.717, 1.165) is 29.6 Å². The molecule has 1 saturated heterocycles. The van der Waals surface area contributed by atoms with Crippen LogP contribution in [0, 0.1) is 0 Å². The zero-order valence-corrected chi connectivity index (χ0v) is 12.7. The van der Waals surface area contributed by atoms with Gasteiger partial charge >= 0.3 is 0 Å². The van der Waals surface area contributed by atoms with Crippen molar-refractivity contribution in [3.63, 3.8) is 0 Å². The maximum absolute atomic E-state index is 12.2. The van der Waals surface area contributed by atoms with Crippen molar-refractivity contribution in [1.29, 1.82) is 0 Å². The fraction of sp³-hybridized carbons (Fsp3) is 0.700. The topological polar surface area (TPSA) is 76.3 Å². The van der Waals surface area contributed by atoms with Gasteiger partial charge < -0.3 is 10.6 Å². The molecule has 1 aliphatic rings. The Hall–Kier alpha value is -0.470. The minimum atomic E-state index is -3.30. The number of hydrogen-bond donors (Lipinski definition) is 1. The van der Waals surface area contributed by atoms with Crippen molar-refractivity contribution in [3.8, 4) is 0 Å². The van der Waals surface area contributed by atoms with Gasteiger partial charge in [-0.15, -0.1) is 0 Å². The van der Waals surface area contributed by atoms with Gasteiger partial charge in [0.2, 0.25) is 0 Å². The van der Waals surface area contributed by atoms with Crippen LogP contribution in [0.2, 0.25) is 0 Å². The van der Waals surface area contributed by atoms with Crippen LogP contribution in [-0.4, -0.2) is 43.1 Å². The number of thioether (sulfide) groups is 1. The van der Waals surface area contributed by atoms with Gasteiger partial charge in [-0.1, -0.05) is 6.92 Å². The molecule has 1 fully saturated rings. The predicted octanol–water partition coefficient (Wildman–Crippen LogP) is 1.46. The largest absolute Gasteiger partial charge is 0.382 e. The molecule has 0 bridgehead atoms. The molecule has 0 radical (unpaired) electrons. The Morgan fingerprint density at radius 1 is 1.39 bits per heavy atom. The molecule has 2 rings (SSSR count). The van der Waals surface area contributed by atoms with E-state index in [1.165, 1.54) is 11.5 Å². The number of sulfone groups is 1. The fourth-order valence-electron chi connectivity index (χ4n) is 1.92. The number of nitrogens with zero attached hydrogens (tertiary/aromatic N) is 2. The number of hydrogen-bond acceptors (Lipinski definition) is 7. The van der Waals surface area contributed by atoms with Crippen molar-refractivity contribution < 1.29 is 8.42 Å². The van der Waals surface area contributed by atoms with E-state index in [1.54, 1.807) is 0 Å². The average molecular weight is 307 g/mol.